The lowest BCUT2D eigenvalue weighted by Crippen LogP contribution is -2.54. The van der Waals surface area contributed by atoms with Crippen LogP contribution in [0.2, 0.25) is 0 Å². The topological polar surface area (TPSA) is 116 Å². The molecule has 44 heavy (non-hydrogen) atoms. The van der Waals surface area contributed by atoms with E-state index in [1.54, 1.807) is 13.8 Å². The molecule has 3 atom stereocenters. The number of hydrogen-bond donors (Lipinski definition) is 1. The molecule has 0 aliphatic carbocycles. The van der Waals surface area contributed by atoms with E-state index in [9.17, 15) is 19.5 Å². The number of aliphatic hydroxyl groups excluding tert-OH is 1. The van der Waals surface area contributed by atoms with Crippen molar-refractivity contribution in [2.45, 2.75) is 64.3 Å². The number of hydrogen-bond acceptors (Lipinski definition) is 8. The first kappa shape index (κ1) is 30.7. The molecule has 4 aromatic rings. The number of cyclic esters (lactones) is 1. The Morgan fingerprint density at radius 3 is 2.16 bits per heavy atom. The second kappa shape index (κ2) is 12.5. The van der Waals surface area contributed by atoms with Gasteiger partial charge in [-0.2, -0.15) is 0 Å². The van der Waals surface area contributed by atoms with Gasteiger partial charge in [-0.15, -0.1) is 0 Å². The first-order valence-electron chi connectivity index (χ1n) is 14.3. The van der Waals surface area contributed by atoms with Crippen molar-refractivity contribution in [3.8, 4) is 11.1 Å². The molecule has 3 aromatic carbocycles. The average molecular weight is 598 g/mol. The summed E-state index contributed by atoms with van der Waals surface area (Å²) in [5, 5.41) is 11.7. The molecule has 0 saturated carbocycles. The molecule has 9 nitrogen and oxygen atoms in total. The summed E-state index contributed by atoms with van der Waals surface area (Å²) < 4.78 is 22.7. The SMILES string of the molecule is CC(=O)OCc1ccc([C@H](O)[C@](C)(OCc2ccc(-c3ccccc3)cc2)C(=O)N2C(=O)OC(C)(C)[C@@H]2c2ccccc2)o1. The zero-order chi connectivity index (χ0) is 31.5. The second-order valence-corrected chi connectivity index (χ2v) is 11.4. The van der Waals surface area contributed by atoms with Crippen LogP contribution in [0.1, 0.15) is 62.5 Å². The molecule has 9 heteroatoms. The number of nitrogens with zero attached hydrogens (tertiary/aromatic N) is 1. The minimum absolute atomic E-state index is 0.00510. The number of esters is 1. The van der Waals surface area contributed by atoms with Gasteiger partial charge in [-0.25, -0.2) is 9.69 Å². The lowest BCUT2D eigenvalue weighted by molar-refractivity contribution is -0.176. The molecule has 5 rings (SSSR count). The Hall–Kier alpha value is -4.73. The van der Waals surface area contributed by atoms with E-state index < -0.39 is 41.3 Å². The summed E-state index contributed by atoms with van der Waals surface area (Å²) in [6.07, 6.45) is -2.49. The van der Waals surface area contributed by atoms with Gasteiger partial charge in [-0.05, 0) is 55.2 Å². The summed E-state index contributed by atoms with van der Waals surface area (Å²) >= 11 is 0. The third kappa shape index (κ3) is 6.29. The van der Waals surface area contributed by atoms with Crippen LogP contribution in [0.25, 0.3) is 11.1 Å². The van der Waals surface area contributed by atoms with Crippen LogP contribution in [0.15, 0.2) is 101 Å². The fourth-order valence-corrected chi connectivity index (χ4v) is 5.35. The van der Waals surface area contributed by atoms with Gasteiger partial charge in [0.15, 0.2) is 5.60 Å². The number of imide groups is 1. The Labute approximate surface area is 256 Å². The standard InChI is InChI=1S/C35H35NO8/c1-23(37)41-22-28-19-20-29(43-28)31(38)35(4,42-21-24-15-17-26(18-16-24)25-11-7-5-8-12-25)32(39)36-30(27-13-9-6-10-14-27)34(2,3)44-33(36)40/h5-20,30-31,38H,21-22H2,1-4H3/t30-,31-,35-/m0/s1. The van der Waals surface area contributed by atoms with Crippen molar-refractivity contribution >= 4 is 18.0 Å². The molecule has 0 bridgehead atoms. The van der Waals surface area contributed by atoms with Crippen molar-refractivity contribution in [2.75, 3.05) is 0 Å². The third-order valence-corrected chi connectivity index (χ3v) is 7.71. The van der Waals surface area contributed by atoms with E-state index in [0.717, 1.165) is 21.6 Å². The smallest absolute Gasteiger partial charge is 0.417 e. The number of carbonyl (C=O) groups is 3. The summed E-state index contributed by atoms with van der Waals surface area (Å²) in [4.78, 5) is 40.1. The van der Waals surface area contributed by atoms with Crippen LogP contribution in [0.3, 0.4) is 0 Å². The van der Waals surface area contributed by atoms with Gasteiger partial charge < -0.3 is 23.7 Å². The van der Waals surface area contributed by atoms with E-state index in [-0.39, 0.29) is 24.7 Å². The fraction of sp³-hybridized carbons (Fsp3) is 0.286. The Bertz CT molecular complexity index is 1610. The predicted octanol–water partition coefficient (Wildman–Crippen LogP) is 6.52. The van der Waals surface area contributed by atoms with Gasteiger partial charge in [0.25, 0.3) is 5.91 Å². The molecule has 1 aromatic heterocycles. The maximum atomic E-state index is 14.5. The highest BCUT2D eigenvalue weighted by atomic mass is 16.6. The molecular formula is C35H35NO8. The molecule has 1 aliphatic heterocycles. The lowest BCUT2D eigenvalue weighted by atomic mass is 9.88. The van der Waals surface area contributed by atoms with Gasteiger partial charge in [0, 0.05) is 6.92 Å². The van der Waals surface area contributed by atoms with E-state index in [1.165, 1.54) is 26.0 Å². The van der Waals surface area contributed by atoms with Crippen LogP contribution in [0.5, 0.6) is 0 Å². The quantitative estimate of drug-likeness (QED) is 0.206. The van der Waals surface area contributed by atoms with Crippen LogP contribution in [-0.4, -0.2) is 39.2 Å². The molecule has 228 valence electrons. The Balaban J connectivity index is 1.47. The van der Waals surface area contributed by atoms with Gasteiger partial charge in [0.05, 0.1) is 6.61 Å². The van der Waals surface area contributed by atoms with Crippen molar-refractivity contribution in [3.63, 3.8) is 0 Å². The van der Waals surface area contributed by atoms with Crippen molar-refractivity contribution in [1.29, 1.82) is 0 Å². The molecule has 1 N–H and O–H groups in total. The first-order valence-corrected chi connectivity index (χ1v) is 14.3. The van der Waals surface area contributed by atoms with E-state index in [1.807, 2.05) is 84.9 Å². The maximum Gasteiger partial charge on any atom is 0.417 e. The third-order valence-electron chi connectivity index (χ3n) is 7.71. The van der Waals surface area contributed by atoms with Crippen molar-refractivity contribution < 1.29 is 38.1 Å². The van der Waals surface area contributed by atoms with Crippen LogP contribution in [-0.2, 0) is 37.0 Å². The summed E-state index contributed by atoms with van der Waals surface area (Å²) in [5.41, 5.74) is 0.439. The highest BCUT2D eigenvalue weighted by molar-refractivity contribution is 5.99. The van der Waals surface area contributed by atoms with Gasteiger partial charge in [-0.3, -0.25) is 9.59 Å². The first-order chi connectivity index (χ1) is 21.0. The van der Waals surface area contributed by atoms with Crippen LogP contribution < -0.4 is 0 Å². The predicted molar refractivity (Wildman–Crippen MR) is 161 cm³/mol. The molecule has 0 unspecified atom stereocenters. The van der Waals surface area contributed by atoms with Crippen molar-refractivity contribution in [1.82, 2.24) is 4.90 Å². The maximum absolute atomic E-state index is 14.5. The van der Waals surface area contributed by atoms with E-state index >= 15 is 0 Å². The summed E-state index contributed by atoms with van der Waals surface area (Å²) in [6.45, 7) is 5.95. The van der Waals surface area contributed by atoms with E-state index in [2.05, 4.69) is 0 Å². The summed E-state index contributed by atoms with van der Waals surface area (Å²) in [7, 11) is 0. The molecule has 2 heterocycles. The molecule has 1 aliphatic rings. The molecular weight excluding hydrogens is 562 g/mol. The number of ether oxygens (including phenoxy) is 3. The van der Waals surface area contributed by atoms with Crippen LogP contribution in [0, 0.1) is 0 Å². The van der Waals surface area contributed by atoms with Gasteiger partial charge in [0.1, 0.15) is 35.9 Å². The Kier molecular flexibility index (Phi) is 8.71. The fourth-order valence-electron chi connectivity index (χ4n) is 5.35. The van der Waals surface area contributed by atoms with Crippen molar-refractivity contribution in [2.24, 2.45) is 0 Å². The normalized spacial score (nSPS) is 17.9. The van der Waals surface area contributed by atoms with E-state index in [4.69, 9.17) is 18.6 Å². The molecule has 0 spiro atoms. The molecule has 2 amide bonds. The molecule has 0 radical (unpaired) electrons. The van der Waals surface area contributed by atoms with Crippen LogP contribution >= 0.6 is 0 Å². The number of aliphatic hydroxyl groups is 1. The van der Waals surface area contributed by atoms with E-state index in [0.29, 0.717) is 5.56 Å². The summed E-state index contributed by atoms with van der Waals surface area (Å²) in [5.74, 6) is -1.02. The largest absolute Gasteiger partial charge is 0.460 e. The minimum Gasteiger partial charge on any atom is -0.460 e. The average Bonchev–Trinajstić information content (AvgIpc) is 3.59. The zero-order valence-corrected chi connectivity index (χ0v) is 25.1. The molecule has 1 saturated heterocycles. The minimum atomic E-state index is -2.00. The second-order valence-electron chi connectivity index (χ2n) is 11.4. The van der Waals surface area contributed by atoms with Gasteiger partial charge >= 0.3 is 12.1 Å². The lowest BCUT2D eigenvalue weighted by Gasteiger charge is -2.37. The highest BCUT2D eigenvalue weighted by Crippen LogP contribution is 2.44. The highest BCUT2D eigenvalue weighted by Gasteiger charge is 2.57. The Morgan fingerprint density at radius 1 is 0.909 bits per heavy atom. The van der Waals surface area contributed by atoms with Crippen molar-refractivity contribution in [3.05, 3.63) is 120 Å². The molecule has 1 fully saturated rings. The number of rotatable bonds is 10. The number of furan rings is 1. The van der Waals surface area contributed by atoms with Gasteiger partial charge in [0.2, 0.25) is 0 Å². The van der Waals surface area contributed by atoms with Crippen LogP contribution in [0.4, 0.5) is 4.79 Å². The van der Waals surface area contributed by atoms with Gasteiger partial charge in [-0.1, -0.05) is 84.9 Å². The number of amides is 2. The number of carbonyl (C=O) groups excluding carboxylic acids is 3. The zero-order valence-electron chi connectivity index (χ0n) is 25.1. The summed E-state index contributed by atoms with van der Waals surface area (Å²) in [6, 6.07) is 28.9. The Morgan fingerprint density at radius 2 is 1.52 bits per heavy atom. The number of benzene rings is 3. The monoisotopic (exact) mass is 597 g/mol.